The third kappa shape index (κ3) is 4.19. The van der Waals surface area contributed by atoms with Gasteiger partial charge < -0.3 is 10.1 Å². The van der Waals surface area contributed by atoms with Crippen molar-refractivity contribution in [1.82, 2.24) is 10.2 Å². The molecule has 1 saturated heterocycles. The lowest BCUT2D eigenvalue weighted by Gasteiger charge is -2.44. The van der Waals surface area contributed by atoms with E-state index in [4.69, 9.17) is 4.74 Å². The molecule has 118 valence electrons. The Balaban J connectivity index is 1.99. The van der Waals surface area contributed by atoms with Crippen LogP contribution in [0.5, 0.6) is 0 Å². The van der Waals surface area contributed by atoms with E-state index in [1.807, 2.05) is 7.11 Å². The van der Waals surface area contributed by atoms with Crippen molar-refractivity contribution < 1.29 is 4.74 Å². The van der Waals surface area contributed by atoms with Crippen LogP contribution >= 0.6 is 0 Å². The molecule has 0 bridgehead atoms. The molecule has 2 aliphatic rings. The first kappa shape index (κ1) is 16.3. The molecule has 0 spiro atoms. The Morgan fingerprint density at radius 3 is 2.35 bits per heavy atom. The molecular weight excluding hydrogens is 248 g/mol. The van der Waals surface area contributed by atoms with Gasteiger partial charge in [-0.2, -0.15) is 0 Å². The number of nitrogens with one attached hydrogen (secondary N) is 1. The van der Waals surface area contributed by atoms with Crippen molar-refractivity contribution in [2.24, 2.45) is 5.41 Å². The highest BCUT2D eigenvalue weighted by Gasteiger charge is 2.37. The first-order chi connectivity index (χ1) is 9.61. The monoisotopic (exact) mass is 282 g/mol. The average molecular weight is 282 g/mol. The Labute approximate surface area is 125 Å². The molecule has 0 aromatic carbocycles. The van der Waals surface area contributed by atoms with Crippen LogP contribution in [-0.4, -0.2) is 50.8 Å². The summed E-state index contributed by atoms with van der Waals surface area (Å²) in [6.07, 6.45) is 11.0. The minimum Gasteiger partial charge on any atom is -0.377 e. The van der Waals surface area contributed by atoms with Crippen molar-refractivity contribution >= 4 is 0 Å². The van der Waals surface area contributed by atoms with E-state index in [0.29, 0.717) is 5.41 Å². The van der Waals surface area contributed by atoms with Crippen molar-refractivity contribution in [3.05, 3.63) is 0 Å². The van der Waals surface area contributed by atoms with Crippen LogP contribution in [0.15, 0.2) is 0 Å². The zero-order valence-electron chi connectivity index (χ0n) is 13.8. The Bertz CT molecular complexity index is 287. The molecule has 2 rings (SSSR count). The van der Waals surface area contributed by atoms with Gasteiger partial charge in [-0.1, -0.05) is 25.7 Å². The molecule has 3 nitrogen and oxygen atoms in total. The molecule has 2 fully saturated rings. The second-order valence-corrected chi connectivity index (χ2v) is 7.41. The van der Waals surface area contributed by atoms with Crippen LogP contribution in [0, 0.1) is 5.41 Å². The predicted octanol–water partition coefficient (Wildman–Crippen LogP) is 3.05. The zero-order valence-corrected chi connectivity index (χ0v) is 13.8. The van der Waals surface area contributed by atoms with Gasteiger partial charge >= 0.3 is 0 Å². The van der Waals surface area contributed by atoms with Gasteiger partial charge in [-0.25, -0.2) is 0 Å². The van der Waals surface area contributed by atoms with Gasteiger partial charge in [0.1, 0.15) is 0 Å². The molecule has 3 heteroatoms. The summed E-state index contributed by atoms with van der Waals surface area (Å²) in [5.74, 6) is 0. The van der Waals surface area contributed by atoms with Crippen molar-refractivity contribution in [1.29, 1.82) is 0 Å². The second kappa shape index (κ2) is 7.24. The molecule has 1 atom stereocenters. The second-order valence-electron chi connectivity index (χ2n) is 7.41. The fraction of sp³-hybridized carbons (Fsp3) is 1.00. The zero-order chi connectivity index (χ0) is 14.5. The van der Waals surface area contributed by atoms with E-state index in [-0.39, 0.29) is 5.60 Å². The summed E-state index contributed by atoms with van der Waals surface area (Å²) in [7, 11) is 3.99. The number of likely N-dealkylation sites (tertiary alicyclic amines) is 1. The molecule has 1 N–H and O–H groups in total. The highest BCUT2D eigenvalue weighted by molar-refractivity contribution is 4.91. The van der Waals surface area contributed by atoms with Gasteiger partial charge in [0, 0.05) is 26.7 Å². The fourth-order valence-corrected chi connectivity index (χ4v) is 4.33. The van der Waals surface area contributed by atoms with E-state index < -0.39 is 0 Å². The van der Waals surface area contributed by atoms with Crippen LogP contribution in [0.25, 0.3) is 0 Å². The first-order valence-corrected chi connectivity index (χ1v) is 8.54. The van der Waals surface area contributed by atoms with Crippen molar-refractivity contribution in [2.75, 3.05) is 40.3 Å². The van der Waals surface area contributed by atoms with Gasteiger partial charge in [-0.05, 0) is 51.6 Å². The molecule has 1 heterocycles. The summed E-state index contributed by atoms with van der Waals surface area (Å²) in [5, 5.41) is 3.47. The molecular formula is C17H34N2O. The van der Waals surface area contributed by atoms with E-state index in [1.165, 1.54) is 71.0 Å². The van der Waals surface area contributed by atoms with Gasteiger partial charge in [0.2, 0.25) is 0 Å². The maximum atomic E-state index is 5.76. The van der Waals surface area contributed by atoms with Crippen LogP contribution in [0.1, 0.15) is 58.3 Å². The smallest absolute Gasteiger partial charge is 0.0777 e. The standard InChI is InChI=1S/C17H34N2O/c1-16(20-3)9-8-12-19(14-16)15-17(13-18-2)10-6-4-5-7-11-17/h18H,4-15H2,1-3H3. The highest BCUT2D eigenvalue weighted by Crippen LogP contribution is 2.37. The number of nitrogens with zero attached hydrogens (tertiary/aromatic N) is 1. The fourth-order valence-electron chi connectivity index (χ4n) is 4.33. The van der Waals surface area contributed by atoms with E-state index in [1.54, 1.807) is 0 Å². The lowest BCUT2D eigenvalue weighted by molar-refractivity contribution is -0.0604. The SMILES string of the molecule is CNCC1(CN2CCCC(C)(OC)C2)CCCCCC1. The minimum atomic E-state index is 0.0732. The lowest BCUT2D eigenvalue weighted by atomic mass is 9.78. The Morgan fingerprint density at radius 1 is 1.05 bits per heavy atom. The number of rotatable bonds is 5. The predicted molar refractivity (Wildman–Crippen MR) is 85.1 cm³/mol. The van der Waals surface area contributed by atoms with Gasteiger partial charge in [-0.15, -0.1) is 0 Å². The molecule has 0 radical (unpaired) electrons. The largest absolute Gasteiger partial charge is 0.377 e. The third-order valence-electron chi connectivity index (χ3n) is 5.51. The topological polar surface area (TPSA) is 24.5 Å². The van der Waals surface area contributed by atoms with Gasteiger partial charge in [0.05, 0.1) is 5.60 Å². The number of piperidine rings is 1. The van der Waals surface area contributed by atoms with Crippen LogP contribution in [0.2, 0.25) is 0 Å². The van der Waals surface area contributed by atoms with Crippen molar-refractivity contribution in [2.45, 2.75) is 63.9 Å². The minimum absolute atomic E-state index is 0.0732. The quantitative estimate of drug-likeness (QED) is 0.784. The molecule has 1 aliphatic heterocycles. The molecule has 1 aliphatic carbocycles. The molecule has 0 aromatic rings. The number of methoxy groups -OCH3 is 1. The molecule has 0 amide bonds. The summed E-state index contributed by atoms with van der Waals surface area (Å²) in [4.78, 5) is 2.68. The van der Waals surface area contributed by atoms with Gasteiger partial charge in [0.25, 0.3) is 0 Å². The Morgan fingerprint density at radius 2 is 1.75 bits per heavy atom. The maximum absolute atomic E-state index is 5.76. The van der Waals surface area contributed by atoms with Crippen molar-refractivity contribution in [3.63, 3.8) is 0 Å². The molecule has 20 heavy (non-hydrogen) atoms. The van der Waals surface area contributed by atoms with Crippen LogP contribution < -0.4 is 5.32 Å². The molecule has 0 aromatic heterocycles. The van der Waals surface area contributed by atoms with E-state index in [0.717, 1.165) is 6.54 Å². The normalized spacial score (nSPS) is 31.9. The summed E-state index contributed by atoms with van der Waals surface area (Å²) in [6, 6.07) is 0. The highest BCUT2D eigenvalue weighted by atomic mass is 16.5. The maximum Gasteiger partial charge on any atom is 0.0777 e. The van der Waals surface area contributed by atoms with Crippen molar-refractivity contribution in [3.8, 4) is 0 Å². The third-order valence-corrected chi connectivity index (χ3v) is 5.51. The summed E-state index contributed by atoms with van der Waals surface area (Å²) in [6.45, 7) is 7.07. The summed E-state index contributed by atoms with van der Waals surface area (Å²) < 4.78 is 5.76. The van der Waals surface area contributed by atoms with E-state index in [9.17, 15) is 0 Å². The number of ether oxygens (including phenoxy) is 1. The van der Waals surface area contributed by atoms with Crippen LogP contribution in [0.3, 0.4) is 0 Å². The number of hydrogen-bond donors (Lipinski definition) is 1. The Hall–Kier alpha value is -0.120. The summed E-state index contributed by atoms with van der Waals surface area (Å²) in [5.41, 5.74) is 0.570. The lowest BCUT2D eigenvalue weighted by Crippen LogP contribution is -2.52. The first-order valence-electron chi connectivity index (χ1n) is 8.54. The van der Waals surface area contributed by atoms with Crippen LogP contribution in [0.4, 0.5) is 0 Å². The van der Waals surface area contributed by atoms with Gasteiger partial charge in [0.15, 0.2) is 0 Å². The van der Waals surface area contributed by atoms with E-state index >= 15 is 0 Å². The summed E-state index contributed by atoms with van der Waals surface area (Å²) >= 11 is 0. The van der Waals surface area contributed by atoms with Gasteiger partial charge in [-0.3, -0.25) is 4.90 Å². The Kier molecular flexibility index (Phi) is 5.88. The van der Waals surface area contributed by atoms with Crippen LogP contribution in [-0.2, 0) is 4.74 Å². The van der Waals surface area contributed by atoms with E-state index in [2.05, 4.69) is 24.2 Å². The average Bonchev–Trinajstić information content (AvgIpc) is 2.65. The number of hydrogen-bond acceptors (Lipinski definition) is 3. The molecule has 1 saturated carbocycles. The molecule has 1 unspecified atom stereocenters.